The first-order valence-electron chi connectivity index (χ1n) is 7.50. The molecule has 0 aromatic carbocycles. The molecule has 23 heavy (non-hydrogen) atoms. The molecule has 2 aromatic rings. The molecule has 1 atom stereocenters. The van der Waals surface area contributed by atoms with Crippen molar-refractivity contribution in [2.24, 2.45) is 0 Å². The summed E-state index contributed by atoms with van der Waals surface area (Å²) in [5.74, 6) is 0.624. The van der Waals surface area contributed by atoms with Crippen molar-refractivity contribution in [1.82, 2.24) is 24.9 Å². The van der Waals surface area contributed by atoms with Gasteiger partial charge in [-0.2, -0.15) is 0 Å². The normalized spacial score (nSPS) is 18.4. The van der Waals surface area contributed by atoms with E-state index in [0.717, 1.165) is 6.42 Å². The van der Waals surface area contributed by atoms with Crippen LogP contribution < -0.4 is 15.9 Å². The number of fused-ring (bicyclic) bond motifs is 1. The highest BCUT2D eigenvalue weighted by Crippen LogP contribution is 2.21. The van der Waals surface area contributed by atoms with Gasteiger partial charge in [0.25, 0.3) is 0 Å². The van der Waals surface area contributed by atoms with Crippen LogP contribution in [0, 0.1) is 0 Å². The lowest BCUT2D eigenvalue weighted by molar-refractivity contribution is 0.0509. The molecule has 0 saturated carbocycles. The molecule has 124 valence electrons. The van der Waals surface area contributed by atoms with Crippen LogP contribution in [0.25, 0.3) is 5.65 Å². The number of nitrogens with zero attached hydrogens (tertiary/aromatic N) is 4. The molecule has 2 N–H and O–H groups in total. The van der Waals surface area contributed by atoms with Crippen LogP contribution in [0.5, 0.6) is 0 Å². The van der Waals surface area contributed by atoms with Crippen molar-refractivity contribution in [3.05, 3.63) is 22.9 Å². The van der Waals surface area contributed by atoms with Crippen molar-refractivity contribution in [3.63, 3.8) is 0 Å². The average molecular weight is 320 g/mol. The Hall–Kier alpha value is -2.58. The zero-order valence-electron chi connectivity index (χ0n) is 13.4. The first kappa shape index (κ1) is 15.3. The summed E-state index contributed by atoms with van der Waals surface area (Å²) in [5.41, 5.74) is -0.340. The van der Waals surface area contributed by atoms with Gasteiger partial charge in [-0.3, -0.25) is 0 Å². The summed E-state index contributed by atoms with van der Waals surface area (Å²) in [4.78, 5) is 29.8. The average Bonchev–Trinajstić information content (AvgIpc) is 3.04. The fourth-order valence-corrected chi connectivity index (χ4v) is 2.60. The molecule has 9 heteroatoms. The Morgan fingerprint density at radius 2 is 2.26 bits per heavy atom. The minimum absolute atomic E-state index is 0.0300. The largest absolute Gasteiger partial charge is 0.444 e. The zero-order valence-corrected chi connectivity index (χ0v) is 13.4. The third kappa shape index (κ3) is 3.27. The Morgan fingerprint density at radius 3 is 3.00 bits per heavy atom. The fourth-order valence-electron chi connectivity index (χ4n) is 2.60. The number of carbonyl (C=O) groups is 1. The molecule has 2 aromatic heterocycles. The molecular weight excluding hydrogens is 300 g/mol. The first-order chi connectivity index (χ1) is 10.8. The summed E-state index contributed by atoms with van der Waals surface area (Å²) in [7, 11) is 0. The summed E-state index contributed by atoms with van der Waals surface area (Å²) < 4.78 is 6.68. The molecule has 1 fully saturated rings. The number of amides is 1. The lowest BCUT2D eigenvalue weighted by Crippen LogP contribution is -2.40. The highest BCUT2D eigenvalue weighted by molar-refractivity contribution is 5.69. The fraction of sp³-hybridized carbons (Fsp3) is 0.571. The maximum Gasteiger partial charge on any atom is 0.407 e. The van der Waals surface area contributed by atoms with Crippen molar-refractivity contribution >= 4 is 17.6 Å². The number of hydrogen-bond donors (Lipinski definition) is 2. The lowest BCUT2D eigenvalue weighted by atomic mass is 10.2. The molecule has 0 radical (unpaired) electrons. The van der Waals surface area contributed by atoms with Crippen LogP contribution in [0.2, 0.25) is 0 Å². The molecule has 0 aliphatic carbocycles. The number of aromatic nitrogens is 4. The maximum absolute atomic E-state index is 11.8. The Morgan fingerprint density at radius 1 is 1.48 bits per heavy atom. The zero-order chi connectivity index (χ0) is 16.6. The van der Waals surface area contributed by atoms with Gasteiger partial charge >= 0.3 is 11.8 Å². The number of aromatic amines is 1. The number of ether oxygens (including phenoxy) is 1. The van der Waals surface area contributed by atoms with Gasteiger partial charge in [0.2, 0.25) is 5.65 Å². The maximum atomic E-state index is 11.8. The van der Waals surface area contributed by atoms with Crippen LogP contribution >= 0.6 is 0 Å². The number of H-pyrrole nitrogens is 1. The van der Waals surface area contributed by atoms with Gasteiger partial charge in [0.1, 0.15) is 5.60 Å². The number of nitrogens with one attached hydrogen (secondary N) is 2. The van der Waals surface area contributed by atoms with E-state index < -0.39 is 11.7 Å². The lowest BCUT2D eigenvalue weighted by Gasteiger charge is -2.22. The second kappa shape index (κ2) is 5.56. The van der Waals surface area contributed by atoms with E-state index in [2.05, 4.69) is 20.5 Å². The van der Waals surface area contributed by atoms with Gasteiger partial charge in [-0.1, -0.05) is 0 Å². The van der Waals surface area contributed by atoms with E-state index in [0.29, 0.717) is 24.6 Å². The smallest absolute Gasteiger partial charge is 0.407 e. The predicted molar refractivity (Wildman–Crippen MR) is 83.6 cm³/mol. The van der Waals surface area contributed by atoms with Gasteiger partial charge in [-0.25, -0.2) is 24.1 Å². The SMILES string of the molecule is CC(C)(C)OC(=O)N[C@H]1CCN(c2nccn3c(=O)[nH]nc23)C1. The molecule has 0 bridgehead atoms. The van der Waals surface area contributed by atoms with Gasteiger partial charge in [-0.05, 0) is 27.2 Å². The number of rotatable bonds is 2. The Kier molecular flexibility index (Phi) is 3.70. The predicted octanol–water partition coefficient (Wildman–Crippen LogP) is 0.521. The Bertz CT molecular complexity index is 775. The van der Waals surface area contributed by atoms with Crippen molar-refractivity contribution < 1.29 is 9.53 Å². The van der Waals surface area contributed by atoms with E-state index in [1.165, 1.54) is 4.40 Å². The Labute approximate surface area is 132 Å². The minimum atomic E-state index is -0.522. The van der Waals surface area contributed by atoms with Gasteiger partial charge in [0, 0.05) is 25.5 Å². The standard InChI is InChI=1S/C14H20N6O3/c1-14(2,3)23-13(22)16-9-4-6-19(8-9)10-11-17-18-12(21)20(11)7-5-15-10/h5,7,9H,4,6,8H2,1-3H3,(H,16,22)(H,18,21)/t9-/m0/s1. The summed E-state index contributed by atoms with van der Waals surface area (Å²) >= 11 is 0. The van der Waals surface area contributed by atoms with Gasteiger partial charge in [0.15, 0.2) is 5.82 Å². The molecule has 3 heterocycles. The molecule has 3 rings (SSSR count). The minimum Gasteiger partial charge on any atom is -0.444 e. The van der Waals surface area contributed by atoms with Crippen LogP contribution in [-0.2, 0) is 4.74 Å². The van der Waals surface area contributed by atoms with Crippen molar-refractivity contribution in [2.45, 2.75) is 38.8 Å². The van der Waals surface area contributed by atoms with Crippen LogP contribution in [-0.4, -0.2) is 50.4 Å². The molecule has 1 aliphatic heterocycles. The highest BCUT2D eigenvalue weighted by Gasteiger charge is 2.28. The monoisotopic (exact) mass is 320 g/mol. The third-order valence-electron chi connectivity index (χ3n) is 3.53. The van der Waals surface area contributed by atoms with E-state index in [1.54, 1.807) is 12.4 Å². The van der Waals surface area contributed by atoms with Crippen LogP contribution in [0.15, 0.2) is 17.2 Å². The second-order valence-corrected chi connectivity index (χ2v) is 6.55. The van der Waals surface area contributed by atoms with E-state index in [4.69, 9.17) is 4.74 Å². The number of carbonyl (C=O) groups excluding carboxylic acids is 1. The summed E-state index contributed by atoms with van der Waals surface area (Å²) in [6.45, 7) is 6.79. The van der Waals surface area contributed by atoms with Crippen LogP contribution in [0.4, 0.5) is 10.6 Å². The topological polar surface area (TPSA) is 105 Å². The first-order valence-corrected chi connectivity index (χ1v) is 7.50. The number of anilines is 1. The molecule has 1 saturated heterocycles. The van der Waals surface area contributed by atoms with E-state index >= 15 is 0 Å². The van der Waals surface area contributed by atoms with Crippen molar-refractivity contribution in [2.75, 3.05) is 18.0 Å². The van der Waals surface area contributed by atoms with E-state index in [9.17, 15) is 9.59 Å². The molecule has 9 nitrogen and oxygen atoms in total. The van der Waals surface area contributed by atoms with E-state index in [-0.39, 0.29) is 11.7 Å². The number of hydrogen-bond acceptors (Lipinski definition) is 6. The van der Waals surface area contributed by atoms with Gasteiger partial charge in [-0.15, -0.1) is 5.10 Å². The molecule has 0 spiro atoms. The van der Waals surface area contributed by atoms with Crippen molar-refractivity contribution in [3.8, 4) is 0 Å². The van der Waals surface area contributed by atoms with Crippen molar-refractivity contribution in [1.29, 1.82) is 0 Å². The summed E-state index contributed by atoms with van der Waals surface area (Å²) in [5, 5.41) is 9.28. The second-order valence-electron chi connectivity index (χ2n) is 6.55. The third-order valence-corrected chi connectivity index (χ3v) is 3.53. The van der Waals surface area contributed by atoms with Gasteiger partial charge in [0.05, 0.1) is 6.04 Å². The summed E-state index contributed by atoms with van der Waals surface area (Å²) in [6.07, 6.45) is 3.48. The van der Waals surface area contributed by atoms with E-state index in [1.807, 2.05) is 25.7 Å². The number of alkyl carbamates (subject to hydrolysis) is 1. The van der Waals surface area contributed by atoms with Crippen LogP contribution in [0.1, 0.15) is 27.2 Å². The molecule has 0 unspecified atom stereocenters. The summed E-state index contributed by atoms with van der Waals surface area (Å²) in [6, 6.07) is -0.0300. The van der Waals surface area contributed by atoms with Gasteiger partial charge < -0.3 is 15.0 Å². The molecule has 1 aliphatic rings. The van der Waals surface area contributed by atoms with Crippen LogP contribution in [0.3, 0.4) is 0 Å². The highest BCUT2D eigenvalue weighted by atomic mass is 16.6. The molecular formula is C14H20N6O3. The Balaban J connectivity index is 1.70. The molecule has 1 amide bonds. The quantitative estimate of drug-likeness (QED) is 0.836.